The van der Waals surface area contributed by atoms with Crippen molar-refractivity contribution in [3.05, 3.63) is 13.6 Å². The van der Waals surface area contributed by atoms with Gasteiger partial charge in [0.2, 0.25) is 10.0 Å². The molecule has 0 bridgehead atoms. The minimum atomic E-state index is -3.76. The molecule has 0 atom stereocenters. The molecule has 0 aliphatic carbocycles. The van der Waals surface area contributed by atoms with E-state index in [1.54, 1.807) is 0 Å². The number of carboxylic acids is 1. The number of ether oxygens (including phenoxy) is 1. The van der Waals surface area contributed by atoms with Crippen molar-refractivity contribution >= 4 is 59.2 Å². The van der Waals surface area contributed by atoms with E-state index in [2.05, 4.69) is 36.6 Å². The first-order valence-electron chi connectivity index (χ1n) is 6.02. The summed E-state index contributed by atoms with van der Waals surface area (Å²) in [5.41, 5.74) is -1.11. The Kier molecular flexibility index (Phi) is 5.48. The van der Waals surface area contributed by atoms with Gasteiger partial charge < -0.3 is 9.84 Å². The highest BCUT2D eigenvalue weighted by Gasteiger charge is 2.41. The predicted molar refractivity (Wildman–Crippen MR) is 85.0 cm³/mol. The van der Waals surface area contributed by atoms with E-state index in [9.17, 15) is 18.3 Å². The van der Waals surface area contributed by atoms with E-state index in [-0.39, 0.29) is 11.4 Å². The van der Waals surface area contributed by atoms with Gasteiger partial charge in [-0.05, 0) is 50.8 Å². The number of sulfonamides is 1. The van der Waals surface area contributed by atoms with Gasteiger partial charge in [-0.1, -0.05) is 0 Å². The molecule has 0 aromatic carbocycles. The SMILES string of the molecule is O=C(O)C1(CNS(=O)(=O)c2cc(Br)sc2Br)CCOCC1. The number of aliphatic carboxylic acids is 1. The van der Waals surface area contributed by atoms with Crippen LogP contribution in [0.25, 0.3) is 0 Å². The molecule has 0 unspecified atom stereocenters. The maximum absolute atomic E-state index is 12.3. The second-order valence-corrected chi connectivity index (χ2v) is 10.2. The van der Waals surface area contributed by atoms with Gasteiger partial charge in [0, 0.05) is 19.8 Å². The molecule has 2 rings (SSSR count). The number of rotatable bonds is 5. The third kappa shape index (κ3) is 3.85. The first-order valence-corrected chi connectivity index (χ1v) is 9.91. The fourth-order valence-corrected chi connectivity index (χ4v) is 6.98. The molecule has 118 valence electrons. The quantitative estimate of drug-likeness (QED) is 0.700. The Hall–Kier alpha value is -0.000000000000000298. The van der Waals surface area contributed by atoms with Crippen LogP contribution in [0.2, 0.25) is 0 Å². The first-order chi connectivity index (χ1) is 9.77. The van der Waals surface area contributed by atoms with Crippen molar-refractivity contribution in [1.29, 1.82) is 0 Å². The highest BCUT2D eigenvalue weighted by Crippen LogP contribution is 2.35. The van der Waals surface area contributed by atoms with Crippen molar-refractivity contribution in [3.63, 3.8) is 0 Å². The summed E-state index contributed by atoms with van der Waals surface area (Å²) in [6, 6.07) is 1.48. The molecule has 1 aliphatic heterocycles. The van der Waals surface area contributed by atoms with Gasteiger partial charge in [-0.2, -0.15) is 0 Å². The Labute approximate surface area is 143 Å². The molecule has 1 aromatic rings. The zero-order chi connectivity index (χ0) is 15.7. The fraction of sp³-hybridized carbons (Fsp3) is 0.545. The molecular weight excluding hydrogens is 450 g/mol. The van der Waals surface area contributed by atoms with Gasteiger partial charge in [-0.25, -0.2) is 13.1 Å². The minimum Gasteiger partial charge on any atom is -0.481 e. The summed E-state index contributed by atoms with van der Waals surface area (Å²) in [5, 5.41) is 9.41. The summed E-state index contributed by atoms with van der Waals surface area (Å²) in [5.74, 6) is -1.00. The van der Waals surface area contributed by atoms with Crippen LogP contribution in [0.1, 0.15) is 12.8 Å². The number of halogens is 2. The van der Waals surface area contributed by atoms with E-state index in [1.807, 2.05) is 0 Å². The number of carbonyl (C=O) groups is 1. The Morgan fingerprint density at radius 1 is 1.43 bits per heavy atom. The van der Waals surface area contributed by atoms with Gasteiger partial charge in [0.1, 0.15) is 4.90 Å². The lowest BCUT2D eigenvalue weighted by Crippen LogP contribution is -2.46. The Bertz CT molecular complexity index is 637. The topological polar surface area (TPSA) is 92.7 Å². The monoisotopic (exact) mass is 461 g/mol. The van der Waals surface area contributed by atoms with E-state index >= 15 is 0 Å². The minimum absolute atomic E-state index is 0.104. The van der Waals surface area contributed by atoms with E-state index in [0.717, 1.165) is 0 Å². The molecule has 1 fully saturated rings. The number of carboxylic acid groups (broad SMARTS) is 1. The van der Waals surface area contributed by atoms with E-state index < -0.39 is 21.4 Å². The molecule has 21 heavy (non-hydrogen) atoms. The normalized spacial score (nSPS) is 18.6. The summed E-state index contributed by atoms with van der Waals surface area (Å²) < 4.78 is 33.3. The first kappa shape index (κ1) is 17.4. The molecule has 10 heteroatoms. The van der Waals surface area contributed by atoms with Crippen molar-refractivity contribution in [2.24, 2.45) is 5.41 Å². The Balaban J connectivity index is 2.17. The Morgan fingerprint density at radius 2 is 2.05 bits per heavy atom. The van der Waals surface area contributed by atoms with Crippen LogP contribution in [0.3, 0.4) is 0 Å². The molecule has 6 nitrogen and oxygen atoms in total. The van der Waals surface area contributed by atoms with Crippen LogP contribution >= 0.6 is 43.2 Å². The highest BCUT2D eigenvalue weighted by atomic mass is 79.9. The molecule has 2 heterocycles. The van der Waals surface area contributed by atoms with Gasteiger partial charge in [-0.15, -0.1) is 11.3 Å². The van der Waals surface area contributed by atoms with Crippen LogP contribution in [0, 0.1) is 5.41 Å². The van der Waals surface area contributed by atoms with Crippen molar-refractivity contribution in [3.8, 4) is 0 Å². The molecule has 1 aliphatic rings. The standard InChI is InChI=1S/C11H13Br2NO5S2/c12-8-5-7(9(13)20-8)21(17,18)14-6-11(10(15)16)1-3-19-4-2-11/h5,14H,1-4,6H2,(H,15,16). The maximum Gasteiger partial charge on any atom is 0.311 e. The molecule has 0 spiro atoms. The van der Waals surface area contributed by atoms with E-state index in [4.69, 9.17) is 4.74 Å². The zero-order valence-corrected chi connectivity index (χ0v) is 15.6. The largest absolute Gasteiger partial charge is 0.481 e. The van der Waals surface area contributed by atoms with Crippen LogP contribution in [0.4, 0.5) is 0 Å². The third-order valence-electron chi connectivity index (χ3n) is 3.42. The second-order valence-electron chi connectivity index (χ2n) is 4.71. The molecule has 0 saturated carbocycles. The van der Waals surface area contributed by atoms with Crippen LogP contribution in [-0.4, -0.2) is 39.3 Å². The van der Waals surface area contributed by atoms with Crippen molar-refractivity contribution in [2.75, 3.05) is 19.8 Å². The molecular formula is C11H13Br2NO5S2. The summed E-state index contributed by atoms with van der Waals surface area (Å²) in [6.07, 6.45) is 0.582. The van der Waals surface area contributed by atoms with Crippen LogP contribution in [0.5, 0.6) is 0 Å². The number of hydrogen-bond acceptors (Lipinski definition) is 5. The lowest BCUT2D eigenvalue weighted by Gasteiger charge is -2.32. The van der Waals surface area contributed by atoms with Gasteiger partial charge in [0.15, 0.2) is 0 Å². The number of nitrogens with one attached hydrogen (secondary N) is 1. The van der Waals surface area contributed by atoms with Crippen LogP contribution < -0.4 is 4.72 Å². The fourth-order valence-electron chi connectivity index (χ4n) is 2.05. The Morgan fingerprint density at radius 3 is 2.52 bits per heavy atom. The number of hydrogen-bond donors (Lipinski definition) is 2. The van der Waals surface area contributed by atoms with Crippen LogP contribution in [0.15, 0.2) is 18.5 Å². The number of thiophene rings is 1. The summed E-state index contributed by atoms with van der Waals surface area (Å²) in [6.45, 7) is 0.497. The lowest BCUT2D eigenvalue weighted by molar-refractivity contribution is -0.154. The van der Waals surface area contributed by atoms with E-state index in [1.165, 1.54) is 17.4 Å². The third-order valence-corrected chi connectivity index (χ3v) is 7.58. The van der Waals surface area contributed by atoms with Gasteiger partial charge in [0.25, 0.3) is 0 Å². The highest BCUT2D eigenvalue weighted by molar-refractivity contribution is 9.12. The summed E-state index contributed by atoms with van der Waals surface area (Å²) in [4.78, 5) is 11.6. The molecule has 2 N–H and O–H groups in total. The zero-order valence-electron chi connectivity index (χ0n) is 10.8. The van der Waals surface area contributed by atoms with Gasteiger partial charge in [0.05, 0.1) is 13.0 Å². The van der Waals surface area contributed by atoms with Crippen molar-refractivity contribution < 1.29 is 23.1 Å². The molecule has 0 amide bonds. The van der Waals surface area contributed by atoms with E-state index in [0.29, 0.717) is 33.6 Å². The smallest absolute Gasteiger partial charge is 0.311 e. The van der Waals surface area contributed by atoms with Gasteiger partial charge in [-0.3, -0.25) is 4.79 Å². The summed E-state index contributed by atoms with van der Waals surface area (Å²) in [7, 11) is -3.76. The van der Waals surface area contributed by atoms with Crippen molar-refractivity contribution in [2.45, 2.75) is 17.7 Å². The summed E-state index contributed by atoms with van der Waals surface area (Å²) >= 11 is 7.66. The molecule has 0 radical (unpaired) electrons. The van der Waals surface area contributed by atoms with Gasteiger partial charge >= 0.3 is 5.97 Å². The second kappa shape index (κ2) is 6.63. The lowest BCUT2D eigenvalue weighted by atomic mass is 9.80. The average molecular weight is 463 g/mol. The molecule has 1 aromatic heterocycles. The average Bonchev–Trinajstić information content (AvgIpc) is 2.77. The molecule has 1 saturated heterocycles. The van der Waals surface area contributed by atoms with Crippen LogP contribution in [-0.2, 0) is 19.6 Å². The predicted octanol–water partition coefficient (Wildman–Crippen LogP) is 2.43. The van der Waals surface area contributed by atoms with Crippen molar-refractivity contribution in [1.82, 2.24) is 4.72 Å². The maximum atomic E-state index is 12.3.